The van der Waals surface area contributed by atoms with Gasteiger partial charge in [0.05, 0.1) is 5.69 Å². The molecule has 3 heteroatoms. The van der Waals surface area contributed by atoms with Gasteiger partial charge >= 0.3 is 0 Å². The number of rotatable bonds is 2. The smallest absolute Gasteiger partial charge is 0.121 e. The number of H-pyrrole nitrogens is 1. The van der Waals surface area contributed by atoms with Gasteiger partial charge in [-0.15, -0.1) is 0 Å². The Morgan fingerprint density at radius 3 is 2.70 bits per heavy atom. The number of aryl methyl sites for hydroxylation is 1. The molecule has 2 N–H and O–H groups in total. The van der Waals surface area contributed by atoms with Crippen molar-refractivity contribution in [2.45, 2.75) is 26.8 Å². The van der Waals surface area contributed by atoms with Crippen LogP contribution < -0.4 is 5.32 Å². The first-order valence-electron chi connectivity index (χ1n) is 3.47. The van der Waals surface area contributed by atoms with Crippen LogP contribution in [0.25, 0.3) is 0 Å². The molecule has 0 saturated heterocycles. The van der Waals surface area contributed by atoms with E-state index < -0.39 is 0 Å². The van der Waals surface area contributed by atoms with Crippen molar-refractivity contribution in [3.8, 4) is 0 Å². The van der Waals surface area contributed by atoms with E-state index in [0.717, 1.165) is 11.5 Å². The minimum atomic E-state index is 0.458. The molecule has 10 heavy (non-hydrogen) atoms. The molecule has 0 atom stereocenters. The summed E-state index contributed by atoms with van der Waals surface area (Å²) >= 11 is 0. The molecule has 0 fully saturated rings. The van der Waals surface area contributed by atoms with Crippen molar-refractivity contribution in [1.82, 2.24) is 10.2 Å². The largest absolute Gasteiger partial charge is 0.368 e. The summed E-state index contributed by atoms with van der Waals surface area (Å²) in [5.74, 6) is 0.993. The van der Waals surface area contributed by atoms with E-state index in [1.807, 2.05) is 13.0 Å². The van der Waals surface area contributed by atoms with Crippen molar-refractivity contribution < 1.29 is 0 Å². The molecule has 0 aliphatic carbocycles. The van der Waals surface area contributed by atoms with Crippen LogP contribution in [0.15, 0.2) is 6.07 Å². The third-order valence-corrected chi connectivity index (χ3v) is 1.15. The van der Waals surface area contributed by atoms with Gasteiger partial charge in [-0.2, -0.15) is 5.10 Å². The van der Waals surface area contributed by atoms with Crippen LogP contribution in [0.2, 0.25) is 0 Å². The first kappa shape index (κ1) is 7.12. The molecule has 0 spiro atoms. The monoisotopic (exact) mass is 139 g/mol. The number of nitrogens with zero attached hydrogens (tertiary/aromatic N) is 1. The minimum Gasteiger partial charge on any atom is -0.368 e. The topological polar surface area (TPSA) is 40.7 Å². The standard InChI is InChI=1S/C7H13N3/c1-5(2)8-7-4-6(3)9-10-7/h4-5H,1-3H3,(H2,8,9,10). The quantitative estimate of drug-likeness (QED) is 0.652. The van der Waals surface area contributed by atoms with Crippen molar-refractivity contribution in [2.24, 2.45) is 0 Å². The highest BCUT2D eigenvalue weighted by Gasteiger charge is 1.96. The predicted octanol–water partition coefficient (Wildman–Crippen LogP) is 1.54. The van der Waals surface area contributed by atoms with E-state index in [1.165, 1.54) is 0 Å². The molecule has 0 aromatic carbocycles. The van der Waals surface area contributed by atoms with Crippen LogP contribution in [0.1, 0.15) is 19.5 Å². The molecular weight excluding hydrogens is 126 g/mol. The summed E-state index contributed by atoms with van der Waals surface area (Å²) < 4.78 is 0. The molecule has 1 rings (SSSR count). The van der Waals surface area contributed by atoms with Crippen molar-refractivity contribution >= 4 is 5.82 Å². The average molecular weight is 139 g/mol. The van der Waals surface area contributed by atoms with Crippen LogP contribution in [0.3, 0.4) is 0 Å². The van der Waals surface area contributed by atoms with Gasteiger partial charge in [-0.25, -0.2) is 0 Å². The Bertz CT molecular complexity index is 202. The third-order valence-electron chi connectivity index (χ3n) is 1.15. The highest BCUT2D eigenvalue weighted by Crippen LogP contribution is 2.04. The van der Waals surface area contributed by atoms with E-state index in [4.69, 9.17) is 0 Å². The lowest BCUT2D eigenvalue weighted by Gasteiger charge is -2.04. The molecule has 0 aliphatic rings. The number of aromatic amines is 1. The van der Waals surface area contributed by atoms with Gasteiger partial charge in [0, 0.05) is 12.1 Å². The number of aromatic nitrogens is 2. The second-order valence-corrected chi connectivity index (χ2v) is 2.72. The third kappa shape index (κ3) is 1.76. The molecule has 0 amide bonds. The van der Waals surface area contributed by atoms with Crippen molar-refractivity contribution in [3.63, 3.8) is 0 Å². The van der Waals surface area contributed by atoms with Crippen LogP contribution in [0.5, 0.6) is 0 Å². The molecule has 0 aliphatic heterocycles. The highest BCUT2D eigenvalue weighted by atomic mass is 15.2. The average Bonchev–Trinajstić information content (AvgIpc) is 2.13. The fourth-order valence-corrected chi connectivity index (χ4v) is 0.807. The zero-order valence-corrected chi connectivity index (χ0v) is 6.60. The molecule has 56 valence electrons. The molecule has 0 radical (unpaired) electrons. The van der Waals surface area contributed by atoms with Crippen LogP contribution in [-0.4, -0.2) is 16.2 Å². The lowest BCUT2D eigenvalue weighted by Crippen LogP contribution is -2.09. The Hall–Kier alpha value is -0.990. The van der Waals surface area contributed by atoms with Crippen LogP contribution in [0.4, 0.5) is 5.82 Å². The van der Waals surface area contributed by atoms with Gasteiger partial charge in [0.1, 0.15) is 5.82 Å². The number of hydrogen-bond donors (Lipinski definition) is 2. The molecule has 1 heterocycles. The maximum absolute atomic E-state index is 3.98. The summed E-state index contributed by atoms with van der Waals surface area (Å²) in [5, 5.41) is 10.1. The zero-order valence-electron chi connectivity index (χ0n) is 6.60. The van der Waals surface area contributed by atoms with Crippen molar-refractivity contribution in [1.29, 1.82) is 0 Å². The Morgan fingerprint density at radius 2 is 2.30 bits per heavy atom. The van der Waals surface area contributed by atoms with Gasteiger partial charge in [-0.05, 0) is 20.8 Å². The van der Waals surface area contributed by atoms with Crippen LogP contribution >= 0.6 is 0 Å². The molecule has 0 bridgehead atoms. The Kier molecular flexibility index (Phi) is 1.94. The number of nitrogens with one attached hydrogen (secondary N) is 2. The van der Waals surface area contributed by atoms with Crippen LogP contribution in [-0.2, 0) is 0 Å². The molecule has 1 aromatic rings. The Labute approximate surface area is 60.8 Å². The lowest BCUT2D eigenvalue weighted by atomic mass is 10.4. The Balaban J connectivity index is 2.58. The molecular formula is C7H13N3. The fraction of sp³-hybridized carbons (Fsp3) is 0.571. The summed E-state index contributed by atoms with van der Waals surface area (Å²) in [5.41, 5.74) is 1.02. The van der Waals surface area contributed by atoms with Crippen molar-refractivity contribution in [2.75, 3.05) is 5.32 Å². The lowest BCUT2D eigenvalue weighted by molar-refractivity contribution is 0.883. The maximum Gasteiger partial charge on any atom is 0.121 e. The first-order valence-corrected chi connectivity index (χ1v) is 3.47. The van der Waals surface area contributed by atoms with E-state index >= 15 is 0 Å². The fourth-order valence-electron chi connectivity index (χ4n) is 0.807. The van der Waals surface area contributed by atoms with E-state index in [0.29, 0.717) is 6.04 Å². The molecule has 3 nitrogen and oxygen atoms in total. The molecule has 1 aromatic heterocycles. The van der Waals surface area contributed by atoms with Gasteiger partial charge in [0.2, 0.25) is 0 Å². The predicted molar refractivity (Wildman–Crippen MR) is 42.1 cm³/mol. The normalized spacial score (nSPS) is 10.4. The SMILES string of the molecule is Cc1cc(NC(C)C)[nH]n1. The minimum absolute atomic E-state index is 0.458. The second kappa shape index (κ2) is 2.73. The summed E-state index contributed by atoms with van der Waals surface area (Å²) in [4.78, 5) is 0. The van der Waals surface area contributed by atoms with E-state index in [-0.39, 0.29) is 0 Å². The summed E-state index contributed by atoms with van der Waals surface area (Å²) in [7, 11) is 0. The van der Waals surface area contributed by atoms with Crippen LogP contribution in [0, 0.1) is 6.92 Å². The van der Waals surface area contributed by atoms with Gasteiger partial charge in [-0.3, -0.25) is 5.10 Å². The summed E-state index contributed by atoms with van der Waals surface area (Å²) in [6.45, 7) is 6.15. The number of anilines is 1. The van der Waals surface area contributed by atoms with Gasteiger partial charge in [0.25, 0.3) is 0 Å². The van der Waals surface area contributed by atoms with Gasteiger partial charge in [0.15, 0.2) is 0 Å². The van der Waals surface area contributed by atoms with Gasteiger partial charge in [-0.1, -0.05) is 0 Å². The maximum atomic E-state index is 3.98. The van der Waals surface area contributed by atoms with E-state index in [2.05, 4.69) is 29.4 Å². The van der Waals surface area contributed by atoms with E-state index in [9.17, 15) is 0 Å². The van der Waals surface area contributed by atoms with Crippen molar-refractivity contribution in [3.05, 3.63) is 11.8 Å². The zero-order chi connectivity index (χ0) is 7.56. The highest BCUT2D eigenvalue weighted by molar-refractivity contribution is 5.35. The molecule has 0 saturated carbocycles. The number of hydrogen-bond acceptors (Lipinski definition) is 2. The first-order chi connectivity index (χ1) is 4.68. The molecule has 0 unspecified atom stereocenters. The summed E-state index contributed by atoms with van der Waals surface area (Å²) in [6, 6.07) is 2.44. The second-order valence-electron chi connectivity index (χ2n) is 2.72. The summed E-state index contributed by atoms with van der Waals surface area (Å²) in [6.07, 6.45) is 0. The Morgan fingerprint density at radius 1 is 1.60 bits per heavy atom. The van der Waals surface area contributed by atoms with E-state index in [1.54, 1.807) is 0 Å². The van der Waals surface area contributed by atoms with Gasteiger partial charge < -0.3 is 5.32 Å².